The normalized spacial score (nSPS) is 19.5. The number of carbonyl (C=O) groups is 2. The summed E-state index contributed by atoms with van der Waals surface area (Å²) in [5.41, 5.74) is 3.73. The standard InChI is InChI=1S/C27H28N2O5S/c1-2-8-23-25-24(15-16-28(25)27(31)34-18-19-9-4-3-5-10-19)29(26(23)30)35(32,33)22-14-13-20-11-6-7-12-21(20)17-22/h2-5,9-10,13-14,17,24H,1,6-8,11-12,15-16,18H2/t24-/m0/s1. The molecule has 0 bridgehead atoms. The summed E-state index contributed by atoms with van der Waals surface area (Å²) in [6.45, 7) is 4.09. The van der Waals surface area contributed by atoms with E-state index in [0.29, 0.717) is 12.1 Å². The lowest BCUT2D eigenvalue weighted by molar-refractivity contribution is -0.122. The zero-order valence-corrected chi connectivity index (χ0v) is 20.3. The summed E-state index contributed by atoms with van der Waals surface area (Å²) in [5.74, 6) is -0.594. The Balaban J connectivity index is 1.43. The van der Waals surface area contributed by atoms with Crippen LogP contribution in [0.25, 0.3) is 0 Å². The molecule has 35 heavy (non-hydrogen) atoms. The molecule has 8 heteroatoms. The molecule has 2 aromatic carbocycles. The van der Waals surface area contributed by atoms with Gasteiger partial charge in [-0.2, -0.15) is 0 Å². The maximum Gasteiger partial charge on any atom is 0.414 e. The van der Waals surface area contributed by atoms with Crippen molar-refractivity contribution in [1.29, 1.82) is 0 Å². The zero-order chi connectivity index (χ0) is 24.6. The Bertz CT molecular complexity index is 1320. The third-order valence-corrected chi connectivity index (χ3v) is 8.72. The second-order valence-corrected chi connectivity index (χ2v) is 10.9. The van der Waals surface area contributed by atoms with E-state index >= 15 is 0 Å². The molecule has 0 aromatic heterocycles. The van der Waals surface area contributed by atoms with Crippen LogP contribution in [0.3, 0.4) is 0 Å². The zero-order valence-electron chi connectivity index (χ0n) is 19.5. The molecule has 1 fully saturated rings. The molecule has 2 amide bonds. The van der Waals surface area contributed by atoms with Crippen molar-refractivity contribution in [2.24, 2.45) is 0 Å². The summed E-state index contributed by atoms with van der Waals surface area (Å²) in [6.07, 6.45) is 5.36. The molecule has 182 valence electrons. The Hall–Kier alpha value is -3.39. The summed E-state index contributed by atoms with van der Waals surface area (Å²) in [4.78, 5) is 27.9. The monoisotopic (exact) mass is 492 g/mol. The van der Waals surface area contributed by atoms with E-state index in [0.717, 1.165) is 41.1 Å². The van der Waals surface area contributed by atoms with E-state index in [1.54, 1.807) is 18.2 Å². The van der Waals surface area contributed by atoms with Crippen LogP contribution >= 0.6 is 0 Å². The Labute approximate surface area is 205 Å². The SMILES string of the molecule is C=CCC1=C2[C@H](CCN2C(=O)OCc2ccccc2)N(S(=O)(=O)c2ccc3c(c2)CCCC3)C1=O. The minimum atomic E-state index is -4.10. The van der Waals surface area contributed by atoms with E-state index in [2.05, 4.69) is 6.58 Å². The molecule has 0 saturated carbocycles. The first-order chi connectivity index (χ1) is 16.9. The maximum absolute atomic E-state index is 13.7. The molecule has 0 radical (unpaired) electrons. The molecule has 5 rings (SSSR count). The molecule has 1 aliphatic carbocycles. The highest BCUT2D eigenvalue weighted by atomic mass is 32.2. The van der Waals surface area contributed by atoms with Crippen LogP contribution in [0.1, 0.15) is 42.4 Å². The smallest absolute Gasteiger partial charge is 0.414 e. The van der Waals surface area contributed by atoms with Gasteiger partial charge in [0.1, 0.15) is 6.61 Å². The van der Waals surface area contributed by atoms with Gasteiger partial charge in [0.05, 0.1) is 16.6 Å². The number of rotatable bonds is 6. The maximum atomic E-state index is 13.7. The minimum Gasteiger partial charge on any atom is -0.444 e. The summed E-state index contributed by atoms with van der Waals surface area (Å²) in [5, 5.41) is 0. The van der Waals surface area contributed by atoms with Crippen LogP contribution in [-0.4, -0.2) is 42.2 Å². The predicted molar refractivity (Wildman–Crippen MR) is 131 cm³/mol. The van der Waals surface area contributed by atoms with Crippen LogP contribution in [0.15, 0.2) is 77.4 Å². The van der Waals surface area contributed by atoms with Crippen molar-refractivity contribution in [1.82, 2.24) is 9.21 Å². The van der Waals surface area contributed by atoms with Gasteiger partial charge in [-0.15, -0.1) is 6.58 Å². The number of hydrogen-bond donors (Lipinski definition) is 0. The highest BCUT2D eigenvalue weighted by Crippen LogP contribution is 2.41. The highest BCUT2D eigenvalue weighted by Gasteiger charge is 2.51. The summed E-state index contributed by atoms with van der Waals surface area (Å²) >= 11 is 0. The highest BCUT2D eigenvalue weighted by molar-refractivity contribution is 7.89. The molecule has 2 aromatic rings. The van der Waals surface area contributed by atoms with Gasteiger partial charge in [0.2, 0.25) is 0 Å². The van der Waals surface area contributed by atoms with Gasteiger partial charge in [-0.05, 0) is 67.3 Å². The molecular weight excluding hydrogens is 464 g/mol. The number of carbonyl (C=O) groups excluding carboxylic acids is 2. The fourth-order valence-electron chi connectivity index (χ4n) is 5.25. The Kier molecular flexibility index (Phi) is 6.23. The van der Waals surface area contributed by atoms with Crippen LogP contribution < -0.4 is 0 Å². The molecule has 2 aliphatic heterocycles. The lowest BCUT2D eigenvalue weighted by Gasteiger charge is -2.24. The topological polar surface area (TPSA) is 84.0 Å². The van der Waals surface area contributed by atoms with Crippen molar-refractivity contribution >= 4 is 22.0 Å². The molecule has 0 spiro atoms. The van der Waals surface area contributed by atoms with Gasteiger partial charge in [0, 0.05) is 12.1 Å². The van der Waals surface area contributed by atoms with E-state index in [4.69, 9.17) is 4.74 Å². The van der Waals surface area contributed by atoms with Crippen molar-refractivity contribution in [3.8, 4) is 0 Å². The second-order valence-electron chi connectivity index (χ2n) is 9.10. The molecular formula is C27H28N2O5S. The number of aryl methyl sites for hydroxylation is 2. The second kappa shape index (κ2) is 9.34. The summed E-state index contributed by atoms with van der Waals surface area (Å²) in [6, 6.07) is 13.7. The van der Waals surface area contributed by atoms with Crippen molar-refractivity contribution in [2.75, 3.05) is 6.54 Å². The van der Waals surface area contributed by atoms with Crippen LogP contribution in [0, 0.1) is 0 Å². The van der Waals surface area contributed by atoms with E-state index in [1.165, 1.54) is 10.5 Å². The van der Waals surface area contributed by atoms with Crippen LogP contribution in [-0.2, 0) is 39.0 Å². The first-order valence-electron chi connectivity index (χ1n) is 11.9. The number of likely N-dealkylation sites (tertiary alicyclic amines) is 1. The van der Waals surface area contributed by atoms with Crippen molar-refractivity contribution in [3.63, 3.8) is 0 Å². The van der Waals surface area contributed by atoms with Gasteiger partial charge < -0.3 is 4.74 Å². The lowest BCUT2D eigenvalue weighted by Crippen LogP contribution is -2.40. The van der Waals surface area contributed by atoms with Gasteiger partial charge in [-0.25, -0.2) is 17.5 Å². The van der Waals surface area contributed by atoms with Crippen molar-refractivity contribution in [2.45, 2.75) is 56.1 Å². The Morgan fingerprint density at radius 1 is 1.09 bits per heavy atom. The quantitative estimate of drug-likeness (QED) is 0.560. The van der Waals surface area contributed by atoms with E-state index < -0.39 is 28.1 Å². The fourth-order valence-corrected chi connectivity index (χ4v) is 6.88. The molecule has 0 unspecified atom stereocenters. The van der Waals surface area contributed by atoms with Gasteiger partial charge in [0.25, 0.3) is 15.9 Å². The number of amides is 2. The number of benzene rings is 2. The van der Waals surface area contributed by atoms with E-state index in [1.807, 2.05) is 36.4 Å². The lowest BCUT2D eigenvalue weighted by atomic mass is 9.92. The Morgan fingerprint density at radius 2 is 1.83 bits per heavy atom. The van der Waals surface area contributed by atoms with E-state index in [-0.39, 0.29) is 30.0 Å². The molecule has 0 N–H and O–H groups in total. The number of ether oxygens (including phenoxy) is 1. The van der Waals surface area contributed by atoms with Crippen LogP contribution in [0.2, 0.25) is 0 Å². The number of allylic oxidation sites excluding steroid dienone is 1. The van der Waals surface area contributed by atoms with Gasteiger partial charge >= 0.3 is 6.09 Å². The summed E-state index contributed by atoms with van der Waals surface area (Å²) in [7, 11) is -4.10. The van der Waals surface area contributed by atoms with Crippen molar-refractivity contribution in [3.05, 3.63) is 89.1 Å². The number of nitrogens with zero attached hydrogens (tertiary/aromatic N) is 2. The number of fused-ring (bicyclic) bond motifs is 2. The average Bonchev–Trinajstić information content (AvgIpc) is 3.41. The first kappa shape index (κ1) is 23.4. The molecule has 1 saturated heterocycles. The minimum absolute atomic E-state index is 0.0933. The summed E-state index contributed by atoms with van der Waals surface area (Å²) < 4.78 is 33.9. The molecule has 3 aliphatic rings. The third-order valence-electron chi connectivity index (χ3n) is 6.93. The van der Waals surface area contributed by atoms with Crippen molar-refractivity contribution < 1.29 is 22.7 Å². The van der Waals surface area contributed by atoms with Crippen LogP contribution in [0.5, 0.6) is 0 Å². The van der Waals surface area contributed by atoms with Gasteiger partial charge in [-0.3, -0.25) is 9.69 Å². The molecule has 1 atom stereocenters. The number of sulfonamides is 1. The largest absolute Gasteiger partial charge is 0.444 e. The van der Waals surface area contributed by atoms with E-state index in [9.17, 15) is 18.0 Å². The van der Waals surface area contributed by atoms with Crippen LogP contribution in [0.4, 0.5) is 4.79 Å². The Morgan fingerprint density at radius 3 is 2.57 bits per heavy atom. The average molecular weight is 493 g/mol. The predicted octanol–water partition coefficient (Wildman–Crippen LogP) is 4.34. The third kappa shape index (κ3) is 4.16. The first-order valence-corrected chi connectivity index (χ1v) is 13.4. The van der Waals surface area contributed by atoms with Gasteiger partial charge in [-0.1, -0.05) is 42.5 Å². The number of hydrogen-bond acceptors (Lipinski definition) is 5. The molecule has 2 heterocycles. The molecule has 7 nitrogen and oxygen atoms in total. The fraction of sp³-hybridized carbons (Fsp3) is 0.333. The van der Waals surface area contributed by atoms with Gasteiger partial charge in [0.15, 0.2) is 0 Å².